The van der Waals surface area contributed by atoms with E-state index in [2.05, 4.69) is 16.7 Å². The van der Waals surface area contributed by atoms with Gasteiger partial charge in [0.1, 0.15) is 0 Å². The molecule has 2 N–H and O–H groups in total. The van der Waals surface area contributed by atoms with Crippen molar-refractivity contribution >= 4 is 23.3 Å². The fourth-order valence-electron chi connectivity index (χ4n) is 2.30. The summed E-state index contributed by atoms with van der Waals surface area (Å²) in [4.78, 5) is 11.7. The van der Waals surface area contributed by atoms with Crippen LogP contribution >= 0.6 is 11.6 Å². The molecule has 0 saturated heterocycles. The van der Waals surface area contributed by atoms with Crippen molar-refractivity contribution in [2.45, 2.75) is 38.0 Å². The Kier molecular flexibility index (Phi) is 4.48. The van der Waals surface area contributed by atoms with Crippen LogP contribution in [0.5, 0.6) is 0 Å². The van der Waals surface area contributed by atoms with Crippen molar-refractivity contribution in [3.63, 3.8) is 0 Å². The number of halogens is 1. The Hall–Kier alpha value is -1.22. The molecule has 1 aliphatic rings. The summed E-state index contributed by atoms with van der Waals surface area (Å²) in [6.07, 6.45) is 4.61. The fourth-order valence-corrected chi connectivity index (χ4v) is 2.38. The van der Waals surface area contributed by atoms with E-state index in [-0.39, 0.29) is 11.4 Å². The number of aryl methyl sites for hydroxylation is 1. The molecule has 0 aromatic heterocycles. The summed E-state index contributed by atoms with van der Waals surface area (Å²) >= 11 is 5.80. The number of carbonyl (C=O) groups is 1. The Labute approximate surface area is 113 Å². The first-order valence-corrected chi connectivity index (χ1v) is 6.90. The van der Waals surface area contributed by atoms with Crippen LogP contribution in [0.25, 0.3) is 0 Å². The van der Waals surface area contributed by atoms with Gasteiger partial charge in [0.05, 0.1) is 0 Å². The molecular weight excluding hydrogens is 248 g/mol. The number of carbonyl (C=O) groups excluding carboxylic acids is 1. The van der Waals surface area contributed by atoms with Gasteiger partial charge in [0, 0.05) is 17.6 Å². The molecule has 0 aliphatic heterocycles. The Morgan fingerprint density at radius 2 is 2.17 bits per heavy atom. The smallest absolute Gasteiger partial charge is 0.319 e. The van der Waals surface area contributed by atoms with Crippen molar-refractivity contribution in [2.75, 3.05) is 11.9 Å². The molecule has 0 saturated carbocycles. The van der Waals surface area contributed by atoms with Crippen LogP contribution in [-0.4, -0.2) is 18.0 Å². The lowest BCUT2D eigenvalue weighted by Crippen LogP contribution is -2.33. The lowest BCUT2D eigenvalue weighted by molar-refractivity contribution is 0.252. The molecule has 2 rings (SSSR count). The van der Waals surface area contributed by atoms with Crippen LogP contribution in [0.15, 0.2) is 18.2 Å². The summed E-state index contributed by atoms with van der Waals surface area (Å²) in [5.74, 6) is 0. The Morgan fingerprint density at radius 3 is 2.94 bits per heavy atom. The lowest BCUT2D eigenvalue weighted by atomic mass is 9.90. The fraction of sp³-hybridized carbons (Fsp3) is 0.500. The maximum atomic E-state index is 11.7. The molecule has 1 aliphatic carbocycles. The van der Waals surface area contributed by atoms with Gasteiger partial charge in [-0.1, -0.05) is 12.1 Å². The molecule has 1 atom stereocenters. The highest BCUT2D eigenvalue weighted by Gasteiger charge is 2.14. The second-order valence-electron chi connectivity index (χ2n) is 4.77. The molecule has 3 nitrogen and oxygen atoms in total. The minimum Gasteiger partial charge on any atom is -0.336 e. The Morgan fingerprint density at radius 1 is 1.39 bits per heavy atom. The van der Waals surface area contributed by atoms with E-state index < -0.39 is 0 Å². The molecule has 2 amide bonds. The number of alkyl halides is 1. The van der Waals surface area contributed by atoms with Crippen molar-refractivity contribution in [3.05, 3.63) is 29.3 Å². The molecule has 0 bridgehead atoms. The third kappa shape index (κ3) is 3.39. The van der Waals surface area contributed by atoms with Crippen molar-refractivity contribution in [2.24, 2.45) is 0 Å². The van der Waals surface area contributed by atoms with Crippen molar-refractivity contribution in [1.29, 1.82) is 0 Å². The van der Waals surface area contributed by atoms with Gasteiger partial charge in [-0.15, -0.1) is 11.6 Å². The molecule has 4 heteroatoms. The predicted molar refractivity (Wildman–Crippen MR) is 75.4 cm³/mol. The van der Waals surface area contributed by atoms with Gasteiger partial charge in [-0.2, -0.15) is 0 Å². The zero-order valence-corrected chi connectivity index (χ0v) is 11.4. The molecule has 0 radical (unpaired) electrons. The largest absolute Gasteiger partial charge is 0.336 e. The summed E-state index contributed by atoms with van der Waals surface area (Å²) in [5, 5.41) is 5.62. The third-order valence-electron chi connectivity index (χ3n) is 3.19. The lowest BCUT2D eigenvalue weighted by Gasteiger charge is -2.19. The first kappa shape index (κ1) is 13.2. The zero-order chi connectivity index (χ0) is 13.0. The van der Waals surface area contributed by atoms with Crippen LogP contribution in [0.1, 0.15) is 30.9 Å². The molecule has 18 heavy (non-hydrogen) atoms. The standard InChI is InChI=1S/C14H19ClN2O/c1-10(15)9-16-14(18)17-13-8-4-6-11-5-2-3-7-12(11)13/h4,6,8,10H,2-3,5,7,9H2,1H3,(H2,16,17,18)/t10-/m1/s1. The number of fused-ring (bicyclic) bond motifs is 1. The molecule has 1 aromatic rings. The number of hydrogen-bond acceptors (Lipinski definition) is 1. The summed E-state index contributed by atoms with van der Waals surface area (Å²) in [5.41, 5.74) is 3.59. The average molecular weight is 267 g/mol. The Bertz CT molecular complexity index is 432. The molecule has 0 fully saturated rings. The number of anilines is 1. The summed E-state index contributed by atoms with van der Waals surface area (Å²) in [7, 11) is 0. The van der Waals surface area contributed by atoms with Gasteiger partial charge in [-0.25, -0.2) is 4.79 Å². The topological polar surface area (TPSA) is 41.1 Å². The first-order chi connectivity index (χ1) is 8.66. The average Bonchev–Trinajstić information content (AvgIpc) is 2.37. The van der Waals surface area contributed by atoms with E-state index in [0.29, 0.717) is 6.54 Å². The Balaban J connectivity index is 2.03. The number of amides is 2. The van der Waals surface area contributed by atoms with Crippen LogP contribution in [0, 0.1) is 0 Å². The summed E-state index contributed by atoms with van der Waals surface area (Å²) < 4.78 is 0. The molecular formula is C14H19ClN2O. The molecule has 0 spiro atoms. The molecule has 98 valence electrons. The quantitative estimate of drug-likeness (QED) is 0.810. The molecule has 0 heterocycles. The van der Waals surface area contributed by atoms with Gasteiger partial charge >= 0.3 is 6.03 Å². The van der Waals surface area contributed by atoms with Gasteiger partial charge in [0.25, 0.3) is 0 Å². The highest BCUT2D eigenvalue weighted by Crippen LogP contribution is 2.27. The van der Waals surface area contributed by atoms with E-state index in [1.54, 1.807) is 0 Å². The van der Waals surface area contributed by atoms with E-state index in [9.17, 15) is 4.79 Å². The molecule has 1 aromatic carbocycles. The van der Waals surface area contributed by atoms with E-state index in [4.69, 9.17) is 11.6 Å². The predicted octanol–water partition coefficient (Wildman–Crippen LogP) is 3.31. The highest BCUT2D eigenvalue weighted by molar-refractivity contribution is 6.20. The van der Waals surface area contributed by atoms with Gasteiger partial charge in [0.2, 0.25) is 0 Å². The van der Waals surface area contributed by atoms with E-state index >= 15 is 0 Å². The van der Waals surface area contributed by atoms with Crippen LogP contribution in [0.3, 0.4) is 0 Å². The van der Waals surface area contributed by atoms with Crippen LogP contribution in [0.4, 0.5) is 10.5 Å². The number of nitrogens with one attached hydrogen (secondary N) is 2. The third-order valence-corrected chi connectivity index (χ3v) is 3.34. The minimum atomic E-state index is -0.179. The monoisotopic (exact) mass is 266 g/mol. The van der Waals surface area contributed by atoms with Crippen molar-refractivity contribution in [3.8, 4) is 0 Å². The van der Waals surface area contributed by atoms with E-state index in [1.807, 2.05) is 19.1 Å². The van der Waals surface area contributed by atoms with Gasteiger partial charge < -0.3 is 10.6 Å². The molecule has 0 unspecified atom stereocenters. The summed E-state index contributed by atoms with van der Waals surface area (Å²) in [6.45, 7) is 2.33. The van der Waals surface area contributed by atoms with Crippen LogP contribution in [0.2, 0.25) is 0 Å². The van der Waals surface area contributed by atoms with Gasteiger partial charge in [-0.05, 0) is 49.8 Å². The second kappa shape index (κ2) is 6.10. The first-order valence-electron chi connectivity index (χ1n) is 6.46. The zero-order valence-electron chi connectivity index (χ0n) is 10.6. The van der Waals surface area contributed by atoms with Crippen molar-refractivity contribution in [1.82, 2.24) is 5.32 Å². The normalized spacial score (nSPS) is 15.7. The maximum Gasteiger partial charge on any atom is 0.319 e. The van der Waals surface area contributed by atoms with Crippen molar-refractivity contribution < 1.29 is 4.79 Å². The second-order valence-corrected chi connectivity index (χ2v) is 5.51. The maximum absolute atomic E-state index is 11.7. The number of benzene rings is 1. The number of hydrogen-bond donors (Lipinski definition) is 2. The van der Waals surface area contributed by atoms with E-state index in [1.165, 1.54) is 24.0 Å². The van der Waals surface area contributed by atoms with Crippen LogP contribution < -0.4 is 10.6 Å². The van der Waals surface area contributed by atoms with Gasteiger partial charge in [0.15, 0.2) is 0 Å². The van der Waals surface area contributed by atoms with Crippen LogP contribution in [-0.2, 0) is 12.8 Å². The van der Waals surface area contributed by atoms with E-state index in [0.717, 1.165) is 18.5 Å². The highest BCUT2D eigenvalue weighted by atomic mass is 35.5. The summed E-state index contributed by atoms with van der Waals surface area (Å²) in [6, 6.07) is 5.94. The minimum absolute atomic E-state index is 0.0551. The number of urea groups is 1. The number of rotatable bonds is 3. The SMILES string of the molecule is C[C@@H](Cl)CNC(=O)Nc1cccc2c1CCCC2. The van der Waals surface area contributed by atoms with Gasteiger partial charge in [-0.3, -0.25) is 0 Å².